The van der Waals surface area contributed by atoms with Crippen molar-refractivity contribution in [2.75, 3.05) is 20.4 Å². The number of hydrogen-bond donors (Lipinski definition) is 1. The van der Waals surface area contributed by atoms with Crippen LogP contribution >= 0.6 is 0 Å². The molecule has 2 aliphatic rings. The summed E-state index contributed by atoms with van der Waals surface area (Å²) < 4.78 is 16.6. The molecule has 0 bridgehead atoms. The molecule has 2 heterocycles. The van der Waals surface area contributed by atoms with Crippen LogP contribution in [0.25, 0.3) is 0 Å². The largest absolute Gasteiger partial charge is 0.497 e. The topological polar surface area (TPSA) is 39.7 Å². The van der Waals surface area contributed by atoms with Crippen molar-refractivity contribution in [2.45, 2.75) is 32.2 Å². The average molecular weight is 325 g/mol. The summed E-state index contributed by atoms with van der Waals surface area (Å²) >= 11 is 0. The SMILES string of the molecule is COc1ccc(C2NCCc3cc4c(cc32)OCO4)c(C(C)C)c1. The first-order chi connectivity index (χ1) is 11.7. The third kappa shape index (κ3) is 2.51. The van der Waals surface area contributed by atoms with Crippen molar-refractivity contribution in [1.29, 1.82) is 0 Å². The molecule has 1 unspecified atom stereocenters. The van der Waals surface area contributed by atoms with Crippen molar-refractivity contribution in [3.05, 3.63) is 52.6 Å². The van der Waals surface area contributed by atoms with Gasteiger partial charge in [-0.15, -0.1) is 0 Å². The van der Waals surface area contributed by atoms with Crippen LogP contribution < -0.4 is 19.5 Å². The molecule has 2 aromatic rings. The van der Waals surface area contributed by atoms with Crippen LogP contribution in [-0.2, 0) is 6.42 Å². The number of ether oxygens (including phenoxy) is 3. The number of methoxy groups -OCH3 is 1. The van der Waals surface area contributed by atoms with E-state index in [1.807, 2.05) is 6.07 Å². The van der Waals surface area contributed by atoms with Crippen molar-refractivity contribution < 1.29 is 14.2 Å². The lowest BCUT2D eigenvalue weighted by Crippen LogP contribution is -2.31. The van der Waals surface area contributed by atoms with Crippen molar-refractivity contribution in [2.24, 2.45) is 0 Å². The average Bonchev–Trinajstić information content (AvgIpc) is 3.06. The van der Waals surface area contributed by atoms with Crippen LogP contribution in [0.5, 0.6) is 17.2 Å². The van der Waals surface area contributed by atoms with Gasteiger partial charge in [-0.25, -0.2) is 0 Å². The van der Waals surface area contributed by atoms with Crippen LogP contribution in [-0.4, -0.2) is 20.4 Å². The van der Waals surface area contributed by atoms with E-state index >= 15 is 0 Å². The maximum atomic E-state index is 5.59. The first-order valence-electron chi connectivity index (χ1n) is 8.51. The van der Waals surface area contributed by atoms with Gasteiger partial charge in [-0.2, -0.15) is 0 Å². The van der Waals surface area contributed by atoms with E-state index in [1.54, 1.807) is 7.11 Å². The molecule has 0 fully saturated rings. The zero-order valence-corrected chi connectivity index (χ0v) is 14.4. The Morgan fingerprint density at radius 3 is 2.62 bits per heavy atom. The Hall–Kier alpha value is -2.20. The van der Waals surface area contributed by atoms with E-state index < -0.39 is 0 Å². The molecule has 1 N–H and O–H groups in total. The Morgan fingerprint density at radius 1 is 1.08 bits per heavy atom. The lowest BCUT2D eigenvalue weighted by molar-refractivity contribution is 0.174. The van der Waals surface area contributed by atoms with Crippen molar-refractivity contribution in [3.63, 3.8) is 0 Å². The van der Waals surface area contributed by atoms with Gasteiger partial charge in [0.2, 0.25) is 6.79 Å². The minimum atomic E-state index is 0.173. The molecule has 126 valence electrons. The third-order valence-corrected chi connectivity index (χ3v) is 4.92. The van der Waals surface area contributed by atoms with Crippen molar-refractivity contribution in [1.82, 2.24) is 5.32 Å². The summed E-state index contributed by atoms with van der Waals surface area (Å²) in [6.07, 6.45) is 1.01. The normalized spacial score (nSPS) is 18.6. The molecule has 4 heteroatoms. The predicted molar refractivity (Wildman–Crippen MR) is 93.2 cm³/mol. The molecule has 0 radical (unpaired) electrons. The van der Waals surface area contributed by atoms with Crippen molar-refractivity contribution in [3.8, 4) is 17.2 Å². The fourth-order valence-corrected chi connectivity index (χ4v) is 3.67. The monoisotopic (exact) mass is 325 g/mol. The molecular weight excluding hydrogens is 302 g/mol. The fraction of sp³-hybridized carbons (Fsp3) is 0.400. The molecule has 2 aliphatic heterocycles. The van der Waals surface area contributed by atoms with E-state index in [2.05, 4.69) is 43.4 Å². The Balaban J connectivity index is 1.82. The third-order valence-electron chi connectivity index (χ3n) is 4.92. The van der Waals surface area contributed by atoms with Crippen LogP contribution in [0.2, 0.25) is 0 Å². The van der Waals surface area contributed by atoms with Gasteiger partial charge in [-0.1, -0.05) is 19.9 Å². The van der Waals surface area contributed by atoms with Gasteiger partial charge < -0.3 is 19.5 Å². The Morgan fingerprint density at radius 2 is 1.88 bits per heavy atom. The molecule has 0 aliphatic carbocycles. The standard InChI is InChI=1S/C20H23NO3/c1-12(2)16-9-14(22-3)4-5-15(16)20-17-10-19-18(23-11-24-19)8-13(17)6-7-21-20/h4-5,8-10,12,20-21H,6-7,11H2,1-3H3. The van der Waals surface area contributed by atoms with Gasteiger partial charge in [0.05, 0.1) is 13.2 Å². The van der Waals surface area contributed by atoms with E-state index in [-0.39, 0.29) is 6.04 Å². The quantitative estimate of drug-likeness (QED) is 0.932. The summed E-state index contributed by atoms with van der Waals surface area (Å²) in [4.78, 5) is 0. The second-order valence-electron chi connectivity index (χ2n) is 6.69. The molecule has 4 nitrogen and oxygen atoms in total. The van der Waals surface area contributed by atoms with Crippen LogP contribution in [0.1, 0.15) is 48.1 Å². The number of fused-ring (bicyclic) bond motifs is 2. The summed E-state index contributed by atoms with van der Waals surface area (Å²) in [5.74, 6) is 3.05. The molecule has 24 heavy (non-hydrogen) atoms. The Bertz CT molecular complexity index is 770. The van der Waals surface area contributed by atoms with Gasteiger partial charge in [0, 0.05) is 6.54 Å². The second kappa shape index (κ2) is 6.02. The number of rotatable bonds is 3. The molecule has 2 aromatic carbocycles. The fourth-order valence-electron chi connectivity index (χ4n) is 3.67. The predicted octanol–water partition coefficient (Wildman–Crippen LogP) is 3.78. The zero-order chi connectivity index (χ0) is 16.7. The highest BCUT2D eigenvalue weighted by molar-refractivity contribution is 5.54. The molecule has 0 saturated carbocycles. The number of nitrogens with one attached hydrogen (secondary N) is 1. The summed E-state index contributed by atoms with van der Waals surface area (Å²) in [7, 11) is 1.72. The van der Waals surface area contributed by atoms with Gasteiger partial charge in [-0.3, -0.25) is 0 Å². The highest BCUT2D eigenvalue weighted by Crippen LogP contribution is 2.41. The minimum Gasteiger partial charge on any atom is -0.497 e. The summed E-state index contributed by atoms with van der Waals surface area (Å²) in [6, 6.07) is 10.8. The molecule has 1 atom stereocenters. The highest BCUT2D eigenvalue weighted by atomic mass is 16.7. The number of hydrogen-bond acceptors (Lipinski definition) is 4. The number of benzene rings is 2. The summed E-state index contributed by atoms with van der Waals surface area (Å²) in [6.45, 7) is 5.72. The van der Waals surface area contributed by atoms with Gasteiger partial charge in [0.25, 0.3) is 0 Å². The molecular formula is C20H23NO3. The molecule has 0 amide bonds. The minimum absolute atomic E-state index is 0.173. The van der Waals surface area contributed by atoms with E-state index in [0.717, 1.165) is 30.2 Å². The van der Waals surface area contributed by atoms with E-state index in [9.17, 15) is 0 Å². The maximum absolute atomic E-state index is 5.59. The van der Waals surface area contributed by atoms with E-state index in [1.165, 1.54) is 22.3 Å². The van der Waals surface area contributed by atoms with E-state index in [4.69, 9.17) is 14.2 Å². The van der Waals surface area contributed by atoms with Gasteiger partial charge in [0.1, 0.15) is 5.75 Å². The van der Waals surface area contributed by atoms with Crippen LogP contribution in [0, 0.1) is 0 Å². The molecule has 0 aromatic heterocycles. The Labute approximate surface area is 142 Å². The maximum Gasteiger partial charge on any atom is 0.231 e. The van der Waals surface area contributed by atoms with Gasteiger partial charge in [-0.05, 0) is 58.9 Å². The van der Waals surface area contributed by atoms with E-state index in [0.29, 0.717) is 12.7 Å². The second-order valence-corrected chi connectivity index (χ2v) is 6.69. The first kappa shape index (κ1) is 15.3. The van der Waals surface area contributed by atoms with Crippen molar-refractivity contribution >= 4 is 0 Å². The first-order valence-corrected chi connectivity index (χ1v) is 8.51. The summed E-state index contributed by atoms with van der Waals surface area (Å²) in [5.41, 5.74) is 5.26. The smallest absolute Gasteiger partial charge is 0.231 e. The van der Waals surface area contributed by atoms with Crippen LogP contribution in [0.15, 0.2) is 30.3 Å². The lowest BCUT2D eigenvalue weighted by atomic mass is 9.84. The summed E-state index contributed by atoms with van der Waals surface area (Å²) in [5, 5.41) is 3.68. The highest BCUT2D eigenvalue weighted by Gasteiger charge is 2.27. The zero-order valence-electron chi connectivity index (χ0n) is 14.4. The van der Waals surface area contributed by atoms with Crippen LogP contribution in [0.4, 0.5) is 0 Å². The van der Waals surface area contributed by atoms with Gasteiger partial charge >= 0.3 is 0 Å². The Kier molecular flexibility index (Phi) is 3.85. The van der Waals surface area contributed by atoms with Gasteiger partial charge in [0.15, 0.2) is 11.5 Å². The molecule has 0 saturated heterocycles. The molecule has 4 rings (SSSR count). The molecule has 0 spiro atoms. The van der Waals surface area contributed by atoms with Crippen LogP contribution in [0.3, 0.4) is 0 Å². The lowest BCUT2D eigenvalue weighted by Gasteiger charge is -2.30.